The van der Waals surface area contributed by atoms with Crippen molar-refractivity contribution in [1.82, 2.24) is 15.5 Å². The lowest BCUT2D eigenvalue weighted by Crippen LogP contribution is -2.41. The van der Waals surface area contributed by atoms with Crippen LogP contribution in [0.2, 0.25) is 0 Å². The lowest BCUT2D eigenvalue weighted by atomic mass is 10.1. The molecule has 2 aromatic rings. The minimum atomic E-state index is -0.139. The van der Waals surface area contributed by atoms with Crippen molar-refractivity contribution in [3.05, 3.63) is 65.2 Å². The number of carbonyl (C=O) groups is 2. The van der Waals surface area contributed by atoms with E-state index < -0.39 is 0 Å². The van der Waals surface area contributed by atoms with Gasteiger partial charge in [0.2, 0.25) is 5.91 Å². The minimum Gasteiger partial charge on any atom is -0.357 e. The van der Waals surface area contributed by atoms with E-state index in [0.29, 0.717) is 24.6 Å². The van der Waals surface area contributed by atoms with E-state index >= 15 is 0 Å². The molecule has 0 radical (unpaired) electrons. The van der Waals surface area contributed by atoms with Gasteiger partial charge in [0.25, 0.3) is 5.91 Å². The number of nitrogens with one attached hydrogen (secondary N) is 3. The minimum absolute atomic E-state index is 0.0319. The smallest absolute Gasteiger partial charge is 0.253 e. The lowest BCUT2D eigenvalue weighted by molar-refractivity contribution is -0.115. The molecule has 2 amide bonds. The van der Waals surface area contributed by atoms with Crippen molar-refractivity contribution >= 4 is 23.5 Å². The van der Waals surface area contributed by atoms with E-state index in [1.807, 2.05) is 43.3 Å². The van der Waals surface area contributed by atoms with E-state index in [0.717, 1.165) is 17.7 Å². The molecule has 160 valence electrons. The first-order valence-electron chi connectivity index (χ1n) is 10.1. The highest BCUT2D eigenvalue weighted by molar-refractivity contribution is 5.95. The molecule has 3 N–H and O–H groups in total. The Hall–Kier alpha value is -3.35. The monoisotopic (exact) mass is 409 g/mol. The lowest BCUT2D eigenvalue weighted by Gasteiger charge is -2.12. The van der Waals surface area contributed by atoms with E-state index in [4.69, 9.17) is 0 Å². The summed E-state index contributed by atoms with van der Waals surface area (Å²) in [5.74, 6) is 0.388. The number of hydrogen-bond donors (Lipinski definition) is 3. The Kier molecular flexibility index (Phi) is 8.87. The maximum Gasteiger partial charge on any atom is 0.253 e. The predicted molar refractivity (Wildman–Crippen MR) is 122 cm³/mol. The average Bonchev–Trinajstić information content (AvgIpc) is 2.75. The normalized spacial score (nSPS) is 11.0. The number of benzene rings is 2. The van der Waals surface area contributed by atoms with Crippen LogP contribution in [-0.2, 0) is 17.8 Å². The van der Waals surface area contributed by atoms with Gasteiger partial charge in [0.05, 0.1) is 13.1 Å². The average molecular weight is 410 g/mol. The molecule has 0 atom stereocenters. The standard InChI is InChI=1S/C23H31N5O2/c1-5-17-8-7-9-20(14-17)27-21(29)16-26-23(24-6-2)25-15-18-10-12-19(13-11-18)22(30)28(3)4/h7-14H,5-6,15-16H2,1-4H3,(H,27,29)(H2,24,25,26). The van der Waals surface area contributed by atoms with Gasteiger partial charge in [-0.25, -0.2) is 4.99 Å². The fraction of sp³-hybridized carbons (Fsp3) is 0.348. The van der Waals surface area contributed by atoms with Crippen LogP contribution in [0.1, 0.15) is 35.3 Å². The van der Waals surface area contributed by atoms with Crippen LogP contribution in [-0.4, -0.2) is 49.9 Å². The molecule has 0 saturated carbocycles. The second-order valence-electron chi connectivity index (χ2n) is 7.05. The SMILES string of the molecule is CCNC(=NCc1ccc(C(=O)N(C)C)cc1)NCC(=O)Nc1cccc(CC)c1. The fourth-order valence-electron chi connectivity index (χ4n) is 2.76. The molecule has 0 aromatic heterocycles. The quantitative estimate of drug-likeness (QED) is 0.462. The Bertz CT molecular complexity index is 875. The Labute approximate surface area is 178 Å². The second kappa shape index (κ2) is 11.6. The molecular weight excluding hydrogens is 378 g/mol. The van der Waals surface area contributed by atoms with Crippen molar-refractivity contribution in [3.8, 4) is 0 Å². The van der Waals surface area contributed by atoms with E-state index in [2.05, 4.69) is 27.9 Å². The van der Waals surface area contributed by atoms with Gasteiger partial charge in [0.15, 0.2) is 5.96 Å². The molecule has 0 spiro atoms. The summed E-state index contributed by atoms with van der Waals surface area (Å²) in [4.78, 5) is 30.3. The largest absolute Gasteiger partial charge is 0.357 e. The number of nitrogens with zero attached hydrogens (tertiary/aromatic N) is 2. The summed E-state index contributed by atoms with van der Waals surface area (Å²) in [6.07, 6.45) is 0.920. The molecule has 0 aliphatic carbocycles. The van der Waals surface area contributed by atoms with Crippen LogP contribution in [0.5, 0.6) is 0 Å². The molecule has 7 heteroatoms. The Balaban J connectivity index is 1.92. The maximum atomic E-state index is 12.3. The number of rotatable bonds is 8. The zero-order valence-electron chi connectivity index (χ0n) is 18.2. The Morgan fingerprint density at radius 2 is 1.70 bits per heavy atom. The molecule has 30 heavy (non-hydrogen) atoms. The molecule has 0 bridgehead atoms. The van der Waals surface area contributed by atoms with Crippen molar-refractivity contribution in [1.29, 1.82) is 0 Å². The Morgan fingerprint density at radius 1 is 0.967 bits per heavy atom. The van der Waals surface area contributed by atoms with Crippen molar-refractivity contribution in [3.63, 3.8) is 0 Å². The molecule has 2 aromatic carbocycles. The van der Waals surface area contributed by atoms with E-state index in [-0.39, 0.29) is 18.4 Å². The van der Waals surface area contributed by atoms with Crippen molar-refractivity contribution < 1.29 is 9.59 Å². The summed E-state index contributed by atoms with van der Waals surface area (Å²) < 4.78 is 0. The molecule has 0 unspecified atom stereocenters. The van der Waals surface area contributed by atoms with Crippen LogP contribution in [0.3, 0.4) is 0 Å². The maximum absolute atomic E-state index is 12.3. The molecule has 0 aliphatic rings. The fourth-order valence-corrected chi connectivity index (χ4v) is 2.76. The number of hydrogen-bond acceptors (Lipinski definition) is 3. The first-order chi connectivity index (χ1) is 14.4. The highest BCUT2D eigenvalue weighted by Gasteiger charge is 2.08. The first-order valence-corrected chi connectivity index (χ1v) is 10.1. The summed E-state index contributed by atoms with van der Waals surface area (Å²) in [6.45, 7) is 5.27. The molecule has 0 aliphatic heterocycles. The third kappa shape index (κ3) is 7.24. The van der Waals surface area contributed by atoms with Crippen molar-refractivity contribution in [2.45, 2.75) is 26.8 Å². The highest BCUT2D eigenvalue weighted by atomic mass is 16.2. The second-order valence-corrected chi connectivity index (χ2v) is 7.05. The van der Waals surface area contributed by atoms with E-state index in [9.17, 15) is 9.59 Å². The topological polar surface area (TPSA) is 85.8 Å². The first kappa shape index (κ1) is 22.9. The number of guanidine groups is 1. The van der Waals surface area contributed by atoms with Gasteiger partial charge in [0.1, 0.15) is 0 Å². The zero-order valence-corrected chi connectivity index (χ0v) is 18.2. The summed E-state index contributed by atoms with van der Waals surface area (Å²) in [5.41, 5.74) is 3.58. The van der Waals surface area contributed by atoms with Crippen LogP contribution in [0, 0.1) is 0 Å². The van der Waals surface area contributed by atoms with Gasteiger partial charge < -0.3 is 20.9 Å². The number of amides is 2. The molecule has 2 rings (SSSR count). The molecular formula is C23H31N5O2. The van der Waals surface area contributed by atoms with Gasteiger partial charge >= 0.3 is 0 Å². The van der Waals surface area contributed by atoms with Crippen LogP contribution < -0.4 is 16.0 Å². The summed E-state index contributed by atoms with van der Waals surface area (Å²) in [7, 11) is 3.46. The van der Waals surface area contributed by atoms with Gasteiger partial charge in [-0.1, -0.05) is 31.2 Å². The molecule has 7 nitrogen and oxygen atoms in total. The predicted octanol–water partition coefficient (Wildman–Crippen LogP) is 2.64. The third-order valence-electron chi connectivity index (χ3n) is 4.41. The third-order valence-corrected chi connectivity index (χ3v) is 4.41. The van der Waals surface area contributed by atoms with Crippen LogP contribution in [0.15, 0.2) is 53.5 Å². The van der Waals surface area contributed by atoms with Crippen LogP contribution in [0.4, 0.5) is 5.69 Å². The van der Waals surface area contributed by atoms with E-state index in [1.54, 1.807) is 31.1 Å². The number of aliphatic imine (C=N–C) groups is 1. The van der Waals surface area contributed by atoms with Gasteiger partial charge in [-0.2, -0.15) is 0 Å². The van der Waals surface area contributed by atoms with Gasteiger partial charge in [-0.05, 0) is 48.7 Å². The van der Waals surface area contributed by atoms with Crippen LogP contribution in [0.25, 0.3) is 0 Å². The summed E-state index contributed by atoms with van der Waals surface area (Å²) in [6, 6.07) is 15.2. The number of anilines is 1. The van der Waals surface area contributed by atoms with E-state index in [1.165, 1.54) is 5.56 Å². The van der Waals surface area contributed by atoms with Gasteiger partial charge in [-0.15, -0.1) is 0 Å². The Morgan fingerprint density at radius 3 is 2.33 bits per heavy atom. The molecule has 0 saturated heterocycles. The van der Waals surface area contributed by atoms with Gasteiger partial charge in [-0.3, -0.25) is 9.59 Å². The molecule has 0 heterocycles. The summed E-state index contributed by atoms with van der Waals surface area (Å²) in [5, 5.41) is 9.08. The summed E-state index contributed by atoms with van der Waals surface area (Å²) >= 11 is 0. The van der Waals surface area contributed by atoms with Crippen molar-refractivity contribution in [2.24, 2.45) is 4.99 Å². The highest BCUT2D eigenvalue weighted by Crippen LogP contribution is 2.11. The van der Waals surface area contributed by atoms with Crippen molar-refractivity contribution in [2.75, 3.05) is 32.5 Å². The number of aryl methyl sites for hydroxylation is 1. The van der Waals surface area contributed by atoms with Gasteiger partial charge in [0, 0.05) is 31.9 Å². The molecule has 0 fully saturated rings. The van der Waals surface area contributed by atoms with Crippen LogP contribution >= 0.6 is 0 Å². The number of carbonyl (C=O) groups excluding carboxylic acids is 2. The zero-order chi connectivity index (χ0) is 21.9.